The number of nitrogens with zero attached hydrogens (tertiary/aromatic N) is 3. The van der Waals surface area contributed by atoms with E-state index in [1.54, 1.807) is 0 Å². The fourth-order valence-electron chi connectivity index (χ4n) is 3.23. The van der Waals surface area contributed by atoms with E-state index in [0.29, 0.717) is 5.82 Å². The van der Waals surface area contributed by atoms with Crippen LogP contribution in [-0.4, -0.2) is 33.4 Å². The van der Waals surface area contributed by atoms with Crippen molar-refractivity contribution in [2.75, 3.05) is 13.1 Å². The molecule has 0 aromatic carbocycles. The van der Waals surface area contributed by atoms with Crippen molar-refractivity contribution in [1.82, 2.24) is 19.7 Å². The molecule has 4 nitrogen and oxygen atoms in total. The van der Waals surface area contributed by atoms with Crippen LogP contribution < -0.4 is 5.32 Å². The molecule has 1 N–H and O–H groups in total. The van der Waals surface area contributed by atoms with Crippen molar-refractivity contribution in [3.63, 3.8) is 0 Å². The quantitative estimate of drug-likeness (QED) is 0.920. The Labute approximate surface area is 135 Å². The van der Waals surface area contributed by atoms with Crippen molar-refractivity contribution in [1.29, 1.82) is 0 Å². The topological polar surface area (TPSA) is 34.8 Å². The van der Waals surface area contributed by atoms with E-state index in [2.05, 4.69) is 10.4 Å². The van der Waals surface area contributed by atoms with Crippen LogP contribution in [0.4, 0.5) is 8.78 Å². The molecule has 3 rings (SSSR count). The van der Waals surface area contributed by atoms with Gasteiger partial charge in [-0.15, -0.1) is 0 Å². The highest BCUT2D eigenvalue weighted by molar-refractivity contribution is 5.35. The van der Waals surface area contributed by atoms with Gasteiger partial charge in [0, 0.05) is 35.1 Å². The summed E-state index contributed by atoms with van der Waals surface area (Å²) in [6, 6.07) is 5.02. The lowest BCUT2D eigenvalue weighted by atomic mass is 9.91. The second-order valence-electron chi connectivity index (χ2n) is 7.44. The Morgan fingerprint density at radius 2 is 1.83 bits per heavy atom. The molecule has 126 valence electrons. The molecule has 0 saturated carbocycles. The van der Waals surface area contributed by atoms with Gasteiger partial charge in [0.2, 0.25) is 0 Å². The first-order valence-electron chi connectivity index (χ1n) is 7.95. The van der Waals surface area contributed by atoms with Crippen molar-refractivity contribution in [2.24, 2.45) is 0 Å². The third-order valence-corrected chi connectivity index (χ3v) is 4.47. The van der Waals surface area contributed by atoms with E-state index in [-0.39, 0.29) is 18.5 Å². The van der Waals surface area contributed by atoms with Crippen LogP contribution in [0.15, 0.2) is 18.2 Å². The minimum atomic E-state index is -2.79. The number of hydrogen-bond acceptors (Lipinski definition) is 2. The maximum absolute atomic E-state index is 14.2. The Morgan fingerprint density at radius 1 is 1.22 bits per heavy atom. The lowest BCUT2D eigenvalue weighted by molar-refractivity contribution is -0.0211. The Bertz CT molecular complexity index is 702. The molecule has 2 aromatic rings. The predicted molar refractivity (Wildman–Crippen MR) is 86.6 cm³/mol. The fraction of sp³-hybridized carbons (Fsp3) is 0.588. The summed E-state index contributed by atoms with van der Waals surface area (Å²) in [5.41, 5.74) is 2.65. The highest BCUT2D eigenvalue weighted by Gasteiger charge is 2.47. The van der Waals surface area contributed by atoms with E-state index in [0.717, 1.165) is 17.1 Å². The monoisotopic (exact) mass is 322 g/mol. The molecule has 0 amide bonds. The van der Waals surface area contributed by atoms with Gasteiger partial charge in [-0.1, -0.05) is 20.8 Å². The van der Waals surface area contributed by atoms with Crippen LogP contribution in [0.25, 0.3) is 5.82 Å². The molecule has 2 aromatic heterocycles. The first kappa shape index (κ1) is 16.2. The fourth-order valence-corrected chi connectivity index (χ4v) is 3.23. The summed E-state index contributed by atoms with van der Waals surface area (Å²) in [7, 11) is 0. The third kappa shape index (κ3) is 2.69. The maximum Gasteiger partial charge on any atom is 0.283 e. The summed E-state index contributed by atoms with van der Waals surface area (Å²) >= 11 is 0. The molecule has 23 heavy (non-hydrogen) atoms. The third-order valence-electron chi connectivity index (χ3n) is 4.47. The number of alkyl halides is 2. The summed E-state index contributed by atoms with van der Waals surface area (Å²) in [6.45, 7) is 10.0. The second-order valence-corrected chi connectivity index (χ2v) is 7.44. The zero-order valence-corrected chi connectivity index (χ0v) is 14.3. The second kappa shape index (κ2) is 5.16. The van der Waals surface area contributed by atoms with Crippen LogP contribution >= 0.6 is 0 Å². The van der Waals surface area contributed by atoms with Gasteiger partial charge in [0.1, 0.15) is 6.04 Å². The maximum atomic E-state index is 14.2. The first-order valence-corrected chi connectivity index (χ1v) is 7.95. The molecule has 1 aliphatic heterocycles. The van der Waals surface area contributed by atoms with Gasteiger partial charge in [-0.25, -0.2) is 8.78 Å². The van der Waals surface area contributed by atoms with Crippen LogP contribution in [-0.2, 0) is 5.41 Å². The van der Waals surface area contributed by atoms with E-state index >= 15 is 0 Å². The molecule has 1 fully saturated rings. The molecule has 0 spiro atoms. The van der Waals surface area contributed by atoms with Gasteiger partial charge in [-0.2, -0.15) is 5.10 Å². The number of halogens is 2. The van der Waals surface area contributed by atoms with Crippen LogP contribution in [0.5, 0.6) is 0 Å². The number of hydrogen-bond donors (Lipinski definition) is 1. The van der Waals surface area contributed by atoms with Gasteiger partial charge in [0.05, 0.1) is 6.54 Å². The minimum absolute atomic E-state index is 0.237. The molecular formula is C17H24F2N4. The molecule has 1 unspecified atom stereocenters. The molecule has 3 heterocycles. The number of aryl methyl sites for hydroxylation is 2. The van der Waals surface area contributed by atoms with Crippen molar-refractivity contribution in [3.05, 3.63) is 35.3 Å². The van der Waals surface area contributed by atoms with Crippen molar-refractivity contribution in [2.45, 2.75) is 52.0 Å². The van der Waals surface area contributed by atoms with E-state index in [9.17, 15) is 8.78 Å². The van der Waals surface area contributed by atoms with E-state index in [4.69, 9.17) is 0 Å². The zero-order chi connectivity index (χ0) is 17.0. The Balaban J connectivity index is 2.16. The predicted octanol–water partition coefficient (Wildman–Crippen LogP) is 3.37. The van der Waals surface area contributed by atoms with Gasteiger partial charge >= 0.3 is 0 Å². The standard InChI is InChI=1S/C17H24F2N4/c1-11-6-7-12(2)22(11)15-8-13(16(3,4)5)23(21-15)14-9-20-10-17(14,18)19/h6-8,14,20H,9-10H2,1-5H3. The van der Waals surface area contributed by atoms with Gasteiger partial charge in [-0.3, -0.25) is 4.68 Å². The van der Waals surface area contributed by atoms with Crippen LogP contribution in [0, 0.1) is 13.8 Å². The summed E-state index contributed by atoms with van der Waals surface area (Å²) in [5.74, 6) is -2.08. The molecule has 6 heteroatoms. The zero-order valence-electron chi connectivity index (χ0n) is 14.3. The number of aromatic nitrogens is 3. The summed E-state index contributed by atoms with van der Waals surface area (Å²) < 4.78 is 32.0. The van der Waals surface area contributed by atoms with Crippen molar-refractivity contribution in [3.8, 4) is 5.82 Å². The smallest absolute Gasteiger partial charge is 0.283 e. The SMILES string of the molecule is Cc1ccc(C)n1-c1cc(C(C)(C)C)n(C2CNCC2(F)F)n1. The van der Waals surface area contributed by atoms with Gasteiger partial charge in [-0.05, 0) is 26.0 Å². The van der Waals surface area contributed by atoms with Gasteiger partial charge < -0.3 is 9.88 Å². The summed E-state index contributed by atoms with van der Waals surface area (Å²) in [5, 5.41) is 7.37. The number of rotatable bonds is 2. The van der Waals surface area contributed by atoms with Crippen molar-refractivity contribution < 1.29 is 8.78 Å². The van der Waals surface area contributed by atoms with Crippen LogP contribution in [0.3, 0.4) is 0 Å². The van der Waals surface area contributed by atoms with Gasteiger partial charge in [0.15, 0.2) is 5.82 Å². The Hall–Kier alpha value is -1.69. The van der Waals surface area contributed by atoms with Crippen LogP contribution in [0.1, 0.15) is 43.9 Å². The normalized spacial score (nSPS) is 21.1. The lowest BCUT2D eigenvalue weighted by Gasteiger charge is -2.26. The molecule has 1 saturated heterocycles. The lowest BCUT2D eigenvalue weighted by Crippen LogP contribution is -2.33. The summed E-state index contributed by atoms with van der Waals surface area (Å²) in [4.78, 5) is 0. The molecule has 1 atom stereocenters. The summed E-state index contributed by atoms with van der Waals surface area (Å²) in [6.07, 6.45) is 0. The highest BCUT2D eigenvalue weighted by atomic mass is 19.3. The van der Waals surface area contributed by atoms with E-state index in [1.165, 1.54) is 4.68 Å². The Kier molecular flexibility index (Phi) is 3.63. The van der Waals surface area contributed by atoms with Crippen molar-refractivity contribution >= 4 is 0 Å². The molecule has 1 aliphatic rings. The molecule has 0 aliphatic carbocycles. The molecule has 0 radical (unpaired) electrons. The number of nitrogens with one attached hydrogen (secondary N) is 1. The largest absolute Gasteiger partial charge is 0.309 e. The Morgan fingerprint density at radius 3 is 2.30 bits per heavy atom. The minimum Gasteiger partial charge on any atom is -0.309 e. The average Bonchev–Trinajstić information content (AvgIpc) is 3.06. The first-order chi connectivity index (χ1) is 10.6. The highest BCUT2D eigenvalue weighted by Crippen LogP contribution is 2.36. The molecule has 0 bridgehead atoms. The van der Waals surface area contributed by atoms with E-state index in [1.807, 2.05) is 57.4 Å². The molecular weight excluding hydrogens is 298 g/mol. The average molecular weight is 322 g/mol. The van der Waals surface area contributed by atoms with E-state index < -0.39 is 12.0 Å². The van der Waals surface area contributed by atoms with Crippen LogP contribution in [0.2, 0.25) is 0 Å². The van der Waals surface area contributed by atoms with Gasteiger partial charge in [0.25, 0.3) is 5.92 Å².